The topological polar surface area (TPSA) is 35.5 Å². The third-order valence-corrected chi connectivity index (χ3v) is 5.23. The van der Waals surface area contributed by atoms with Crippen molar-refractivity contribution in [2.45, 2.75) is 65.3 Å². The smallest absolute Gasteiger partial charge is 0.0558 e. The van der Waals surface area contributed by atoms with Gasteiger partial charge in [0.05, 0.1) is 6.61 Å². The van der Waals surface area contributed by atoms with Crippen LogP contribution in [0.5, 0.6) is 0 Å². The van der Waals surface area contributed by atoms with Gasteiger partial charge in [-0.05, 0) is 49.5 Å². The minimum Gasteiger partial charge on any atom is -0.395 e. The molecule has 2 N–H and O–H groups in total. The molecule has 2 aliphatic carbocycles. The fourth-order valence-corrected chi connectivity index (χ4v) is 4.14. The van der Waals surface area contributed by atoms with Crippen LogP contribution in [0.25, 0.3) is 0 Å². The van der Waals surface area contributed by atoms with E-state index in [4.69, 9.17) is 0 Å². The van der Waals surface area contributed by atoms with Crippen LogP contribution in [0.15, 0.2) is 0 Å². The molecule has 0 aromatic heterocycles. The average molecular weight is 296 g/mol. The molecule has 0 aromatic carbocycles. The summed E-state index contributed by atoms with van der Waals surface area (Å²) in [5.41, 5.74) is 0.435. The lowest BCUT2D eigenvalue weighted by Gasteiger charge is -2.44. The largest absolute Gasteiger partial charge is 0.395 e. The van der Waals surface area contributed by atoms with E-state index in [9.17, 15) is 5.11 Å². The Labute approximate surface area is 131 Å². The van der Waals surface area contributed by atoms with E-state index in [0.29, 0.717) is 12.0 Å². The van der Waals surface area contributed by atoms with Crippen molar-refractivity contribution in [2.24, 2.45) is 17.3 Å². The van der Waals surface area contributed by atoms with E-state index < -0.39 is 0 Å². The van der Waals surface area contributed by atoms with Crippen LogP contribution < -0.4 is 5.32 Å². The zero-order valence-electron chi connectivity index (χ0n) is 14.4. The monoisotopic (exact) mass is 296 g/mol. The summed E-state index contributed by atoms with van der Waals surface area (Å²) < 4.78 is 0. The van der Waals surface area contributed by atoms with Gasteiger partial charge in [0.25, 0.3) is 0 Å². The van der Waals surface area contributed by atoms with E-state index in [2.05, 4.69) is 31.0 Å². The molecule has 3 nitrogen and oxygen atoms in total. The summed E-state index contributed by atoms with van der Waals surface area (Å²) in [6.07, 6.45) is 8.16. The first kappa shape index (κ1) is 17.2. The van der Waals surface area contributed by atoms with Crippen molar-refractivity contribution >= 4 is 0 Å². The summed E-state index contributed by atoms with van der Waals surface area (Å²) in [6.45, 7) is 11.6. The Morgan fingerprint density at radius 1 is 1.29 bits per heavy atom. The highest BCUT2D eigenvalue weighted by molar-refractivity contribution is 4.94. The van der Waals surface area contributed by atoms with Gasteiger partial charge in [0, 0.05) is 25.7 Å². The second-order valence-electron chi connectivity index (χ2n) is 8.15. The zero-order chi connectivity index (χ0) is 15.3. The van der Waals surface area contributed by atoms with E-state index in [1.54, 1.807) is 0 Å². The second-order valence-corrected chi connectivity index (χ2v) is 8.15. The number of aliphatic hydroxyl groups excluding tert-OH is 1. The molecule has 2 atom stereocenters. The number of rotatable bonds is 9. The Morgan fingerprint density at radius 3 is 2.62 bits per heavy atom. The van der Waals surface area contributed by atoms with Gasteiger partial charge in [0.15, 0.2) is 0 Å². The van der Waals surface area contributed by atoms with E-state index in [1.165, 1.54) is 45.1 Å². The Balaban J connectivity index is 1.96. The van der Waals surface area contributed by atoms with Gasteiger partial charge in [-0.1, -0.05) is 33.6 Å². The van der Waals surface area contributed by atoms with E-state index in [-0.39, 0.29) is 0 Å². The summed E-state index contributed by atoms with van der Waals surface area (Å²) in [5.74, 6) is 1.58. The van der Waals surface area contributed by atoms with Crippen LogP contribution in [0.3, 0.4) is 0 Å². The van der Waals surface area contributed by atoms with Crippen molar-refractivity contribution < 1.29 is 5.11 Å². The quantitative estimate of drug-likeness (QED) is 0.687. The van der Waals surface area contributed by atoms with Crippen molar-refractivity contribution in [3.8, 4) is 0 Å². The summed E-state index contributed by atoms with van der Waals surface area (Å²) >= 11 is 0. The normalized spacial score (nSPS) is 30.3. The molecule has 2 unspecified atom stereocenters. The molecule has 2 saturated carbocycles. The zero-order valence-corrected chi connectivity index (χ0v) is 14.4. The van der Waals surface area contributed by atoms with Crippen molar-refractivity contribution in [3.05, 3.63) is 0 Å². The molecule has 2 fully saturated rings. The average Bonchev–Trinajstić information content (AvgIpc) is 3.22. The van der Waals surface area contributed by atoms with Gasteiger partial charge in [0.2, 0.25) is 0 Å². The van der Waals surface area contributed by atoms with Gasteiger partial charge < -0.3 is 10.4 Å². The van der Waals surface area contributed by atoms with Crippen molar-refractivity contribution in [2.75, 3.05) is 32.8 Å². The van der Waals surface area contributed by atoms with Crippen LogP contribution in [0.2, 0.25) is 0 Å². The van der Waals surface area contributed by atoms with Gasteiger partial charge in [-0.15, -0.1) is 0 Å². The molecular weight excluding hydrogens is 260 g/mol. The maximum atomic E-state index is 9.37. The summed E-state index contributed by atoms with van der Waals surface area (Å²) in [5, 5.41) is 13.1. The lowest BCUT2D eigenvalue weighted by Crippen LogP contribution is -2.48. The fraction of sp³-hybridized carbons (Fsp3) is 1.00. The number of hydrogen-bond acceptors (Lipinski definition) is 3. The second kappa shape index (κ2) is 7.94. The predicted molar refractivity (Wildman–Crippen MR) is 89.5 cm³/mol. The van der Waals surface area contributed by atoms with E-state index in [1.807, 2.05) is 0 Å². The highest BCUT2D eigenvalue weighted by Crippen LogP contribution is 2.41. The molecule has 0 heterocycles. The lowest BCUT2D eigenvalue weighted by atomic mass is 9.69. The van der Waals surface area contributed by atoms with Gasteiger partial charge in [-0.3, -0.25) is 4.90 Å². The fourth-order valence-electron chi connectivity index (χ4n) is 4.14. The van der Waals surface area contributed by atoms with Crippen molar-refractivity contribution in [1.82, 2.24) is 10.2 Å². The molecule has 0 saturated heterocycles. The van der Waals surface area contributed by atoms with E-state index >= 15 is 0 Å². The lowest BCUT2D eigenvalue weighted by molar-refractivity contribution is 0.0656. The molecule has 0 bridgehead atoms. The molecule has 2 rings (SSSR count). The molecule has 0 amide bonds. The third kappa shape index (κ3) is 5.54. The number of aliphatic hydroxyl groups is 1. The molecule has 0 aromatic rings. The van der Waals surface area contributed by atoms with Crippen LogP contribution in [0.1, 0.15) is 59.3 Å². The predicted octanol–water partition coefficient (Wildman–Crippen LogP) is 2.89. The molecule has 21 heavy (non-hydrogen) atoms. The highest BCUT2D eigenvalue weighted by atomic mass is 16.3. The number of nitrogens with zero attached hydrogens (tertiary/aromatic N) is 1. The Morgan fingerprint density at radius 2 is 2.05 bits per heavy atom. The minimum atomic E-state index is 0.307. The summed E-state index contributed by atoms with van der Waals surface area (Å²) in [4.78, 5) is 2.58. The third-order valence-electron chi connectivity index (χ3n) is 5.23. The van der Waals surface area contributed by atoms with Gasteiger partial charge >= 0.3 is 0 Å². The molecule has 0 aliphatic heterocycles. The molecule has 2 aliphatic rings. The molecule has 0 spiro atoms. The SMILES string of the molecule is CC(C)CNCC1(CN(CCO)C2CC2)CCCC(C)C1. The van der Waals surface area contributed by atoms with Gasteiger partial charge in [-0.25, -0.2) is 0 Å². The van der Waals surface area contributed by atoms with Crippen LogP contribution in [0.4, 0.5) is 0 Å². The Kier molecular flexibility index (Phi) is 6.51. The van der Waals surface area contributed by atoms with Crippen LogP contribution >= 0.6 is 0 Å². The van der Waals surface area contributed by atoms with Gasteiger partial charge in [-0.2, -0.15) is 0 Å². The first-order chi connectivity index (χ1) is 10.0. The number of nitrogens with one attached hydrogen (secondary N) is 1. The van der Waals surface area contributed by atoms with Crippen LogP contribution in [-0.2, 0) is 0 Å². The highest BCUT2D eigenvalue weighted by Gasteiger charge is 2.39. The Bertz CT molecular complexity index is 304. The molecular formula is C18H36N2O. The summed E-state index contributed by atoms with van der Waals surface area (Å²) in [7, 11) is 0. The maximum Gasteiger partial charge on any atom is 0.0558 e. The van der Waals surface area contributed by atoms with Crippen molar-refractivity contribution in [1.29, 1.82) is 0 Å². The molecule has 0 radical (unpaired) electrons. The molecule has 3 heteroatoms. The first-order valence-electron chi connectivity index (χ1n) is 9.10. The van der Waals surface area contributed by atoms with Gasteiger partial charge in [0.1, 0.15) is 0 Å². The van der Waals surface area contributed by atoms with Crippen LogP contribution in [0, 0.1) is 17.3 Å². The van der Waals surface area contributed by atoms with E-state index in [0.717, 1.165) is 37.5 Å². The summed E-state index contributed by atoms with van der Waals surface area (Å²) in [6, 6.07) is 0.761. The standard InChI is InChI=1S/C18H36N2O/c1-15(2)12-19-13-18(8-4-5-16(3)11-18)14-20(9-10-21)17-6-7-17/h15-17,19,21H,4-14H2,1-3H3. The van der Waals surface area contributed by atoms with Crippen molar-refractivity contribution in [3.63, 3.8) is 0 Å². The first-order valence-corrected chi connectivity index (χ1v) is 9.10. The number of hydrogen-bond donors (Lipinski definition) is 2. The minimum absolute atomic E-state index is 0.307. The maximum absolute atomic E-state index is 9.37. The Hall–Kier alpha value is -0.120. The molecule has 124 valence electrons. The van der Waals surface area contributed by atoms with Crippen LogP contribution in [-0.4, -0.2) is 48.8 Å².